The van der Waals surface area contributed by atoms with Crippen LogP contribution in [0, 0.1) is 0 Å². The maximum Gasteiger partial charge on any atom is 0.153 e. The summed E-state index contributed by atoms with van der Waals surface area (Å²) in [6.45, 7) is 4.00. The van der Waals surface area contributed by atoms with Crippen LogP contribution in [0.25, 0.3) is 11.5 Å². The summed E-state index contributed by atoms with van der Waals surface area (Å²) in [5, 5.41) is 16.9. The third kappa shape index (κ3) is 1.69. The van der Waals surface area contributed by atoms with Crippen LogP contribution in [0.4, 0.5) is 0 Å². The molecule has 78 valence electrons. The second-order valence-electron chi connectivity index (χ2n) is 2.99. The Morgan fingerprint density at radius 3 is 3.07 bits per heavy atom. The average Bonchev–Trinajstić information content (AvgIpc) is 2.85. The number of nitrogens with zero attached hydrogens (tertiary/aromatic N) is 3. The van der Waals surface area contributed by atoms with Crippen molar-refractivity contribution in [2.45, 2.75) is 13.2 Å². The van der Waals surface area contributed by atoms with E-state index in [1.54, 1.807) is 29.2 Å². The van der Waals surface area contributed by atoms with Crippen molar-refractivity contribution in [2.75, 3.05) is 0 Å². The third-order valence-electron chi connectivity index (χ3n) is 2.01. The molecule has 2 rings (SSSR count). The molecule has 0 fully saturated rings. The topological polar surface area (TPSA) is 64.1 Å². The Labute approximate surface area is 86.6 Å². The van der Waals surface area contributed by atoms with E-state index in [0.29, 0.717) is 23.7 Å². The summed E-state index contributed by atoms with van der Waals surface area (Å²) in [6, 6.07) is 3.58. The molecule has 0 aliphatic rings. The van der Waals surface area contributed by atoms with E-state index in [0.717, 1.165) is 0 Å². The van der Waals surface area contributed by atoms with Crippen molar-refractivity contribution in [2.24, 2.45) is 0 Å². The van der Waals surface area contributed by atoms with E-state index in [-0.39, 0.29) is 6.61 Å². The van der Waals surface area contributed by atoms with Gasteiger partial charge in [-0.3, -0.25) is 0 Å². The van der Waals surface area contributed by atoms with Gasteiger partial charge in [0, 0.05) is 0 Å². The van der Waals surface area contributed by atoms with Gasteiger partial charge < -0.3 is 9.52 Å². The van der Waals surface area contributed by atoms with Gasteiger partial charge in [-0.25, -0.2) is 4.68 Å². The molecule has 0 saturated carbocycles. The number of aliphatic hydroxyl groups is 1. The molecule has 15 heavy (non-hydrogen) atoms. The summed E-state index contributed by atoms with van der Waals surface area (Å²) >= 11 is 0. The van der Waals surface area contributed by atoms with Gasteiger partial charge in [0.1, 0.15) is 11.4 Å². The molecule has 5 heteroatoms. The zero-order valence-electron chi connectivity index (χ0n) is 8.13. The maximum absolute atomic E-state index is 9.12. The summed E-state index contributed by atoms with van der Waals surface area (Å²) in [6.07, 6.45) is 3.28. The lowest BCUT2D eigenvalue weighted by Gasteiger charge is -2.01. The van der Waals surface area contributed by atoms with Gasteiger partial charge in [0.05, 0.1) is 19.4 Å². The SMILES string of the molecule is C=CCn1nnc(CO)c1-c1ccco1. The summed E-state index contributed by atoms with van der Waals surface area (Å²) in [5.41, 5.74) is 1.20. The predicted molar refractivity (Wildman–Crippen MR) is 53.8 cm³/mol. The molecule has 1 N–H and O–H groups in total. The van der Waals surface area contributed by atoms with Crippen molar-refractivity contribution in [1.29, 1.82) is 0 Å². The standard InChI is InChI=1S/C10H11N3O2/c1-2-5-13-10(8(7-14)11-12-13)9-4-3-6-15-9/h2-4,6,14H,1,5,7H2. The predicted octanol–water partition coefficient (Wildman–Crippen LogP) is 1.22. The van der Waals surface area contributed by atoms with E-state index in [2.05, 4.69) is 16.9 Å². The van der Waals surface area contributed by atoms with Crippen LogP contribution < -0.4 is 0 Å². The van der Waals surface area contributed by atoms with Crippen molar-refractivity contribution in [3.05, 3.63) is 36.7 Å². The highest BCUT2D eigenvalue weighted by molar-refractivity contribution is 5.55. The first kappa shape index (κ1) is 9.67. The zero-order chi connectivity index (χ0) is 10.7. The van der Waals surface area contributed by atoms with Crippen LogP contribution in [0.15, 0.2) is 35.5 Å². The summed E-state index contributed by atoms with van der Waals surface area (Å²) in [4.78, 5) is 0. The highest BCUT2D eigenvalue weighted by atomic mass is 16.3. The van der Waals surface area contributed by atoms with Gasteiger partial charge in [-0.15, -0.1) is 11.7 Å². The minimum absolute atomic E-state index is 0.160. The highest BCUT2D eigenvalue weighted by Gasteiger charge is 2.15. The van der Waals surface area contributed by atoms with Crippen LogP contribution in [0.1, 0.15) is 5.69 Å². The molecule has 0 atom stereocenters. The fraction of sp³-hybridized carbons (Fsp3) is 0.200. The van der Waals surface area contributed by atoms with Crippen molar-refractivity contribution < 1.29 is 9.52 Å². The number of allylic oxidation sites excluding steroid dienone is 1. The molecule has 0 aliphatic heterocycles. The Balaban J connectivity index is 2.50. The molecule has 0 aromatic carbocycles. The minimum Gasteiger partial charge on any atom is -0.463 e. The van der Waals surface area contributed by atoms with Gasteiger partial charge in [0.2, 0.25) is 0 Å². The first-order valence-corrected chi connectivity index (χ1v) is 4.54. The first-order valence-electron chi connectivity index (χ1n) is 4.54. The molecule has 2 aromatic heterocycles. The van der Waals surface area contributed by atoms with Crippen molar-refractivity contribution >= 4 is 0 Å². The van der Waals surface area contributed by atoms with E-state index >= 15 is 0 Å². The number of hydrogen-bond donors (Lipinski definition) is 1. The molecule has 2 aromatic rings. The normalized spacial score (nSPS) is 10.5. The molecule has 0 bridgehead atoms. The third-order valence-corrected chi connectivity index (χ3v) is 2.01. The molecule has 5 nitrogen and oxygen atoms in total. The van der Waals surface area contributed by atoms with E-state index in [1.807, 2.05) is 0 Å². The summed E-state index contributed by atoms with van der Waals surface area (Å²) < 4.78 is 6.90. The van der Waals surface area contributed by atoms with Crippen LogP contribution in [0.2, 0.25) is 0 Å². The van der Waals surface area contributed by atoms with E-state index < -0.39 is 0 Å². The van der Waals surface area contributed by atoms with Crippen LogP contribution in [0.3, 0.4) is 0 Å². The Hall–Kier alpha value is -1.88. The van der Waals surface area contributed by atoms with Gasteiger partial charge in [-0.05, 0) is 12.1 Å². The van der Waals surface area contributed by atoms with Gasteiger partial charge in [0.15, 0.2) is 5.76 Å². The fourth-order valence-electron chi connectivity index (χ4n) is 1.39. The number of hydrogen-bond acceptors (Lipinski definition) is 4. The average molecular weight is 205 g/mol. The fourth-order valence-corrected chi connectivity index (χ4v) is 1.39. The van der Waals surface area contributed by atoms with Crippen LogP contribution in [0.5, 0.6) is 0 Å². The Kier molecular flexibility index (Phi) is 2.64. The van der Waals surface area contributed by atoms with Crippen molar-refractivity contribution in [3.8, 4) is 11.5 Å². The van der Waals surface area contributed by atoms with E-state index in [4.69, 9.17) is 9.52 Å². The Morgan fingerprint density at radius 1 is 1.60 bits per heavy atom. The lowest BCUT2D eigenvalue weighted by atomic mass is 10.2. The lowest BCUT2D eigenvalue weighted by molar-refractivity contribution is 0.277. The molecule has 0 amide bonds. The number of aromatic nitrogens is 3. The maximum atomic E-state index is 9.12. The van der Waals surface area contributed by atoms with Gasteiger partial charge in [-0.2, -0.15) is 0 Å². The van der Waals surface area contributed by atoms with Gasteiger partial charge in [0.25, 0.3) is 0 Å². The van der Waals surface area contributed by atoms with Crippen LogP contribution >= 0.6 is 0 Å². The zero-order valence-corrected chi connectivity index (χ0v) is 8.13. The lowest BCUT2D eigenvalue weighted by Crippen LogP contribution is -2.00. The number of rotatable bonds is 4. The Morgan fingerprint density at radius 2 is 2.47 bits per heavy atom. The quantitative estimate of drug-likeness (QED) is 0.762. The van der Waals surface area contributed by atoms with Crippen LogP contribution in [-0.2, 0) is 13.2 Å². The molecular weight excluding hydrogens is 194 g/mol. The number of aliphatic hydroxyl groups excluding tert-OH is 1. The molecular formula is C10H11N3O2. The minimum atomic E-state index is -0.160. The van der Waals surface area contributed by atoms with Crippen molar-refractivity contribution in [3.63, 3.8) is 0 Å². The van der Waals surface area contributed by atoms with E-state index in [9.17, 15) is 0 Å². The van der Waals surface area contributed by atoms with Gasteiger partial charge >= 0.3 is 0 Å². The molecule has 0 aliphatic carbocycles. The molecule has 0 spiro atoms. The molecule has 0 radical (unpaired) electrons. The van der Waals surface area contributed by atoms with Gasteiger partial charge in [-0.1, -0.05) is 11.3 Å². The summed E-state index contributed by atoms with van der Waals surface area (Å²) in [7, 11) is 0. The first-order chi connectivity index (χ1) is 7.36. The largest absolute Gasteiger partial charge is 0.463 e. The molecule has 0 unspecified atom stereocenters. The Bertz CT molecular complexity index is 445. The smallest absolute Gasteiger partial charge is 0.153 e. The summed E-state index contributed by atoms with van der Waals surface area (Å²) in [5.74, 6) is 0.644. The molecule has 0 saturated heterocycles. The highest BCUT2D eigenvalue weighted by Crippen LogP contribution is 2.22. The number of furan rings is 1. The van der Waals surface area contributed by atoms with Crippen molar-refractivity contribution in [1.82, 2.24) is 15.0 Å². The van der Waals surface area contributed by atoms with Crippen LogP contribution in [-0.4, -0.2) is 20.1 Å². The van der Waals surface area contributed by atoms with E-state index in [1.165, 1.54) is 0 Å². The monoisotopic (exact) mass is 205 g/mol. The second kappa shape index (κ2) is 4.10. The molecule has 2 heterocycles. The second-order valence-corrected chi connectivity index (χ2v) is 2.99.